The lowest BCUT2D eigenvalue weighted by atomic mass is 10.1. The molecule has 1 heterocycles. The molecule has 1 unspecified atom stereocenters. The number of rotatable bonds is 2. The predicted molar refractivity (Wildman–Crippen MR) is 76.3 cm³/mol. The van der Waals surface area contributed by atoms with Gasteiger partial charge in [-0.15, -0.1) is 0 Å². The minimum absolute atomic E-state index is 0.0595. The number of nitrogens with zero attached hydrogens (tertiary/aromatic N) is 2. The van der Waals surface area contributed by atoms with Crippen LogP contribution in [0.5, 0.6) is 0 Å². The fraction of sp³-hybridized carbons (Fsp3) is 0.500. The zero-order valence-electron chi connectivity index (χ0n) is 11.5. The number of aliphatic hydroxyl groups excluding tert-OH is 1. The molecule has 1 atom stereocenters. The molecule has 0 bridgehead atoms. The Bertz CT molecular complexity index is 474. The van der Waals surface area contributed by atoms with Gasteiger partial charge in [-0.3, -0.25) is 4.79 Å². The lowest BCUT2D eigenvalue weighted by molar-refractivity contribution is 0.0474. The van der Waals surface area contributed by atoms with E-state index >= 15 is 0 Å². The lowest BCUT2D eigenvalue weighted by Gasteiger charge is -2.30. The third-order valence-electron chi connectivity index (χ3n) is 3.44. The van der Waals surface area contributed by atoms with Gasteiger partial charge in [0.15, 0.2) is 0 Å². The number of hydrogen-bond donors (Lipinski definition) is 2. The molecule has 104 valence electrons. The van der Waals surface area contributed by atoms with Crippen molar-refractivity contribution in [1.29, 1.82) is 0 Å². The van der Waals surface area contributed by atoms with Crippen LogP contribution in [0.2, 0.25) is 0 Å². The summed E-state index contributed by atoms with van der Waals surface area (Å²) in [4.78, 5) is 15.9. The summed E-state index contributed by atoms with van der Waals surface area (Å²) in [5, 5.41) is 9.62. The van der Waals surface area contributed by atoms with Gasteiger partial charge in [0.2, 0.25) is 0 Å². The predicted octanol–water partition coefficient (Wildman–Crippen LogP) is 0.932. The number of hydrogen-bond acceptors (Lipinski definition) is 4. The van der Waals surface area contributed by atoms with Crippen LogP contribution in [0.4, 0.5) is 11.4 Å². The summed E-state index contributed by atoms with van der Waals surface area (Å²) < 4.78 is 0. The van der Waals surface area contributed by atoms with E-state index in [1.54, 1.807) is 17.0 Å². The van der Waals surface area contributed by atoms with Crippen molar-refractivity contribution in [3.63, 3.8) is 0 Å². The summed E-state index contributed by atoms with van der Waals surface area (Å²) in [6.45, 7) is 1.11. The van der Waals surface area contributed by atoms with Gasteiger partial charge in [0.1, 0.15) is 0 Å². The first-order valence-corrected chi connectivity index (χ1v) is 6.53. The molecule has 1 saturated heterocycles. The Labute approximate surface area is 113 Å². The van der Waals surface area contributed by atoms with Crippen molar-refractivity contribution < 1.29 is 9.90 Å². The van der Waals surface area contributed by atoms with Gasteiger partial charge in [-0.25, -0.2) is 0 Å². The molecule has 1 aliphatic heterocycles. The number of nitrogen functional groups attached to an aromatic ring is 1. The minimum atomic E-state index is -0.406. The molecule has 1 aromatic rings. The molecule has 0 aliphatic carbocycles. The number of benzene rings is 1. The van der Waals surface area contributed by atoms with Crippen LogP contribution in [0.1, 0.15) is 23.2 Å². The van der Waals surface area contributed by atoms with E-state index in [0.29, 0.717) is 24.3 Å². The summed E-state index contributed by atoms with van der Waals surface area (Å²) >= 11 is 0. The van der Waals surface area contributed by atoms with Gasteiger partial charge < -0.3 is 20.6 Å². The maximum absolute atomic E-state index is 12.3. The molecular weight excluding hydrogens is 242 g/mol. The zero-order valence-corrected chi connectivity index (χ0v) is 11.5. The summed E-state index contributed by atoms with van der Waals surface area (Å²) in [6, 6.07) is 5.34. The summed E-state index contributed by atoms with van der Waals surface area (Å²) in [6.07, 6.45) is 1.21. The number of amides is 1. The quantitative estimate of drug-likeness (QED) is 0.779. The zero-order chi connectivity index (χ0) is 14.0. The first-order valence-electron chi connectivity index (χ1n) is 6.53. The second kappa shape index (κ2) is 5.48. The Balaban J connectivity index is 2.17. The van der Waals surface area contributed by atoms with E-state index in [-0.39, 0.29) is 5.91 Å². The minimum Gasteiger partial charge on any atom is -0.397 e. The third-order valence-corrected chi connectivity index (χ3v) is 3.44. The van der Waals surface area contributed by atoms with Crippen LogP contribution in [-0.4, -0.2) is 49.2 Å². The molecule has 3 N–H and O–H groups in total. The highest BCUT2D eigenvalue weighted by Crippen LogP contribution is 2.23. The largest absolute Gasteiger partial charge is 0.397 e. The van der Waals surface area contributed by atoms with Gasteiger partial charge >= 0.3 is 0 Å². The van der Waals surface area contributed by atoms with Crippen molar-refractivity contribution in [1.82, 2.24) is 4.90 Å². The molecular formula is C14H21N3O2. The van der Waals surface area contributed by atoms with Crippen LogP contribution in [0.15, 0.2) is 18.2 Å². The van der Waals surface area contributed by atoms with Gasteiger partial charge in [0, 0.05) is 32.7 Å². The smallest absolute Gasteiger partial charge is 0.254 e. The molecule has 1 aromatic carbocycles. The molecule has 1 amide bonds. The highest BCUT2D eigenvalue weighted by Gasteiger charge is 2.23. The first-order chi connectivity index (χ1) is 8.99. The monoisotopic (exact) mass is 263 g/mol. The molecule has 1 fully saturated rings. The van der Waals surface area contributed by atoms with Crippen LogP contribution in [0, 0.1) is 0 Å². The van der Waals surface area contributed by atoms with Crippen molar-refractivity contribution in [2.75, 3.05) is 37.8 Å². The fourth-order valence-corrected chi connectivity index (χ4v) is 2.42. The SMILES string of the molecule is CN(C)c1ccc(C(=O)N2CCCC(O)C2)cc1N. The van der Waals surface area contributed by atoms with Crippen molar-refractivity contribution in [3.8, 4) is 0 Å². The number of nitrogens with two attached hydrogens (primary N) is 1. The van der Waals surface area contributed by atoms with E-state index in [0.717, 1.165) is 18.5 Å². The van der Waals surface area contributed by atoms with Gasteiger partial charge in [0.25, 0.3) is 5.91 Å². The van der Waals surface area contributed by atoms with Crippen LogP contribution in [0.3, 0.4) is 0 Å². The number of piperidine rings is 1. The molecule has 2 rings (SSSR count). The van der Waals surface area contributed by atoms with E-state index in [9.17, 15) is 9.90 Å². The Morgan fingerprint density at radius 2 is 2.21 bits per heavy atom. The van der Waals surface area contributed by atoms with Crippen molar-refractivity contribution in [2.45, 2.75) is 18.9 Å². The highest BCUT2D eigenvalue weighted by molar-refractivity contribution is 5.96. The summed E-state index contributed by atoms with van der Waals surface area (Å²) in [7, 11) is 3.82. The fourth-order valence-electron chi connectivity index (χ4n) is 2.42. The van der Waals surface area contributed by atoms with Gasteiger partial charge in [-0.1, -0.05) is 0 Å². The number of anilines is 2. The van der Waals surface area contributed by atoms with E-state index < -0.39 is 6.10 Å². The number of aliphatic hydroxyl groups is 1. The average molecular weight is 263 g/mol. The summed E-state index contributed by atoms with van der Waals surface area (Å²) in [5.74, 6) is -0.0595. The molecule has 0 radical (unpaired) electrons. The first kappa shape index (κ1) is 13.7. The van der Waals surface area contributed by atoms with Crippen LogP contribution >= 0.6 is 0 Å². The average Bonchev–Trinajstić information content (AvgIpc) is 2.37. The van der Waals surface area contributed by atoms with Gasteiger partial charge in [0.05, 0.1) is 17.5 Å². The van der Waals surface area contributed by atoms with Crippen molar-refractivity contribution in [3.05, 3.63) is 23.8 Å². The molecule has 5 heteroatoms. The Morgan fingerprint density at radius 3 is 2.79 bits per heavy atom. The summed E-state index contributed by atoms with van der Waals surface area (Å²) in [5.41, 5.74) is 8.03. The number of likely N-dealkylation sites (tertiary alicyclic amines) is 1. The molecule has 0 saturated carbocycles. The number of carbonyl (C=O) groups is 1. The second-order valence-corrected chi connectivity index (χ2v) is 5.22. The van der Waals surface area contributed by atoms with Gasteiger partial charge in [-0.05, 0) is 31.0 Å². The molecule has 1 aliphatic rings. The maximum atomic E-state index is 12.3. The van der Waals surface area contributed by atoms with Crippen LogP contribution < -0.4 is 10.6 Å². The van der Waals surface area contributed by atoms with Crippen molar-refractivity contribution in [2.24, 2.45) is 0 Å². The Hall–Kier alpha value is -1.75. The normalized spacial score (nSPS) is 19.3. The third kappa shape index (κ3) is 2.98. The highest BCUT2D eigenvalue weighted by atomic mass is 16.3. The molecule has 5 nitrogen and oxygen atoms in total. The van der Waals surface area contributed by atoms with Crippen LogP contribution in [0.25, 0.3) is 0 Å². The second-order valence-electron chi connectivity index (χ2n) is 5.22. The van der Waals surface area contributed by atoms with Crippen LogP contribution in [-0.2, 0) is 0 Å². The maximum Gasteiger partial charge on any atom is 0.254 e. The Morgan fingerprint density at radius 1 is 1.47 bits per heavy atom. The van der Waals surface area contributed by atoms with E-state index in [1.165, 1.54) is 0 Å². The number of β-amino-alcohol motifs (C(OH)–C–C–N with tert-alkyl or cyclic N) is 1. The van der Waals surface area contributed by atoms with Gasteiger partial charge in [-0.2, -0.15) is 0 Å². The van der Waals surface area contributed by atoms with E-state index in [2.05, 4.69) is 0 Å². The lowest BCUT2D eigenvalue weighted by Crippen LogP contribution is -2.42. The molecule has 0 aromatic heterocycles. The number of carbonyl (C=O) groups excluding carboxylic acids is 1. The Kier molecular flexibility index (Phi) is 3.95. The topological polar surface area (TPSA) is 69.8 Å². The van der Waals surface area contributed by atoms with E-state index in [4.69, 9.17) is 5.73 Å². The molecule has 0 spiro atoms. The molecule has 19 heavy (non-hydrogen) atoms. The van der Waals surface area contributed by atoms with Crippen molar-refractivity contribution >= 4 is 17.3 Å². The van der Waals surface area contributed by atoms with E-state index in [1.807, 2.05) is 25.1 Å². The standard InChI is InChI=1S/C14H21N3O2/c1-16(2)13-6-5-10(8-12(13)15)14(19)17-7-3-4-11(18)9-17/h5-6,8,11,18H,3-4,7,9,15H2,1-2H3.